The number of anilines is 1. The molecule has 0 fully saturated rings. The SMILES string of the molecule is CN1CCc2cc(C(O)Cc3ccc(F)c(Cl)c3)ccc21. The van der Waals surface area contributed by atoms with Gasteiger partial charge in [0.15, 0.2) is 0 Å². The van der Waals surface area contributed by atoms with Crippen LogP contribution in [0, 0.1) is 5.82 Å². The van der Waals surface area contributed by atoms with E-state index in [1.165, 1.54) is 17.3 Å². The molecule has 0 aliphatic carbocycles. The minimum absolute atomic E-state index is 0.0929. The second-order valence-electron chi connectivity index (χ2n) is 5.53. The summed E-state index contributed by atoms with van der Waals surface area (Å²) >= 11 is 5.77. The van der Waals surface area contributed by atoms with Crippen molar-refractivity contribution in [2.45, 2.75) is 18.9 Å². The Morgan fingerprint density at radius 2 is 2.10 bits per heavy atom. The zero-order chi connectivity index (χ0) is 15.0. The Morgan fingerprint density at radius 3 is 2.86 bits per heavy atom. The molecule has 1 aliphatic heterocycles. The zero-order valence-electron chi connectivity index (χ0n) is 11.8. The molecule has 2 aromatic rings. The second-order valence-corrected chi connectivity index (χ2v) is 5.94. The number of aliphatic hydroxyl groups is 1. The van der Waals surface area contributed by atoms with Crippen molar-refractivity contribution in [1.29, 1.82) is 0 Å². The fourth-order valence-electron chi connectivity index (χ4n) is 2.80. The standard InChI is InChI=1S/C17H17ClFNO/c1-20-7-6-12-10-13(3-5-16(12)20)17(21)9-11-2-4-15(19)14(18)8-11/h2-5,8,10,17,21H,6-7,9H2,1H3. The zero-order valence-corrected chi connectivity index (χ0v) is 12.6. The second kappa shape index (κ2) is 5.66. The summed E-state index contributed by atoms with van der Waals surface area (Å²) in [4.78, 5) is 2.21. The van der Waals surface area contributed by atoms with Gasteiger partial charge in [-0.1, -0.05) is 29.8 Å². The number of fused-ring (bicyclic) bond motifs is 1. The van der Waals surface area contributed by atoms with Crippen LogP contribution in [0.2, 0.25) is 5.02 Å². The molecule has 1 atom stereocenters. The Hall–Kier alpha value is -1.58. The molecule has 0 amide bonds. The predicted molar refractivity (Wildman–Crippen MR) is 83.5 cm³/mol. The maximum Gasteiger partial charge on any atom is 0.141 e. The Morgan fingerprint density at radius 1 is 1.29 bits per heavy atom. The average molecular weight is 306 g/mol. The van der Waals surface area contributed by atoms with Crippen LogP contribution in [0.1, 0.15) is 22.8 Å². The third-order valence-electron chi connectivity index (χ3n) is 4.03. The smallest absolute Gasteiger partial charge is 0.141 e. The molecule has 0 saturated heterocycles. The highest BCUT2D eigenvalue weighted by Crippen LogP contribution is 2.30. The number of halogens is 2. The maximum atomic E-state index is 13.1. The summed E-state index contributed by atoms with van der Waals surface area (Å²) in [7, 11) is 2.07. The van der Waals surface area contributed by atoms with Crippen LogP contribution in [-0.4, -0.2) is 18.7 Å². The highest BCUT2D eigenvalue weighted by Gasteiger charge is 2.18. The summed E-state index contributed by atoms with van der Waals surface area (Å²) in [6, 6.07) is 10.6. The normalized spacial score (nSPS) is 15.1. The molecule has 0 spiro atoms. The molecule has 1 aliphatic rings. The fourth-order valence-corrected chi connectivity index (χ4v) is 3.00. The van der Waals surface area contributed by atoms with Crippen LogP contribution in [0.3, 0.4) is 0 Å². The van der Waals surface area contributed by atoms with E-state index in [9.17, 15) is 9.50 Å². The van der Waals surface area contributed by atoms with Gasteiger partial charge >= 0.3 is 0 Å². The average Bonchev–Trinajstić information content (AvgIpc) is 2.84. The van der Waals surface area contributed by atoms with Crippen molar-refractivity contribution in [2.24, 2.45) is 0 Å². The van der Waals surface area contributed by atoms with Crippen LogP contribution in [0.5, 0.6) is 0 Å². The Balaban J connectivity index is 1.79. The summed E-state index contributed by atoms with van der Waals surface area (Å²) in [6.45, 7) is 1.02. The molecule has 0 saturated carbocycles. The van der Waals surface area contributed by atoms with Gasteiger partial charge in [0.1, 0.15) is 5.82 Å². The molecule has 3 rings (SSSR count). The van der Waals surface area contributed by atoms with E-state index in [-0.39, 0.29) is 5.02 Å². The Kier molecular flexibility index (Phi) is 3.87. The van der Waals surface area contributed by atoms with Gasteiger partial charge in [0.2, 0.25) is 0 Å². The summed E-state index contributed by atoms with van der Waals surface area (Å²) in [5.74, 6) is -0.435. The summed E-state index contributed by atoms with van der Waals surface area (Å²) in [6.07, 6.45) is 0.825. The first-order chi connectivity index (χ1) is 10.0. The topological polar surface area (TPSA) is 23.5 Å². The molecule has 0 radical (unpaired) electrons. The lowest BCUT2D eigenvalue weighted by Gasteiger charge is -2.15. The number of nitrogens with zero attached hydrogens (tertiary/aromatic N) is 1. The maximum absolute atomic E-state index is 13.1. The minimum atomic E-state index is -0.609. The van der Waals surface area contributed by atoms with Crippen molar-refractivity contribution in [3.05, 3.63) is 63.9 Å². The van der Waals surface area contributed by atoms with Crippen LogP contribution in [0.4, 0.5) is 10.1 Å². The van der Waals surface area contributed by atoms with Crippen molar-refractivity contribution in [3.63, 3.8) is 0 Å². The number of aliphatic hydroxyl groups excluding tert-OH is 1. The predicted octanol–water partition coefficient (Wildman–Crippen LogP) is 3.75. The summed E-state index contributed by atoms with van der Waals surface area (Å²) < 4.78 is 13.1. The number of likely N-dealkylation sites (N-methyl/N-ethyl adjacent to an activating group) is 1. The molecule has 0 bridgehead atoms. The van der Waals surface area contributed by atoms with E-state index >= 15 is 0 Å². The van der Waals surface area contributed by atoms with Gasteiger partial charge in [-0.05, 0) is 41.3 Å². The number of hydrogen-bond acceptors (Lipinski definition) is 2. The van der Waals surface area contributed by atoms with Gasteiger partial charge in [0, 0.05) is 25.7 Å². The fraction of sp³-hybridized carbons (Fsp3) is 0.294. The number of benzene rings is 2. The quantitative estimate of drug-likeness (QED) is 0.933. The van der Waals surface area contributed by atoms with Gasteiger partial charge in [-0.2, -0.15) is 0 Å². The van der Waals surface area contributed by atoms with Crippen LogP contribution >= 0.6 is 11.6 Å². The molecule has 4 heteroatoms. The van der Waals surface area contributed by atoms with E-state index in [2.05, 4.69) is 24.1 Å². The molecule has 1 N–H and O–H groups in total. The van der Waals surface area contributed by atoms with E-state index < -0.39 is 11.9 Å². The van der Waals surface area contributed by atoms with Crippen molar-refractivity contribution in [2.75, 3.05) is 18.5 Å². The highest BCUT2D eigenvalue weighted by atomic mass is 35.5. The minimum Gasteiger partial charge on any atom is -0.388 e. The van der Waals surface area contributed by atoms with E-state index in [0.717, 1.165) is 24.1 Å². The van der Waals surface area contributed by atoms with Crippen molar-refractivity contribution in [1.82, 2.24) is 0 Å². The molecular formula is C17H17ClFNO. The van der Waals surface area contributed by atoms with Gasteiger partial charge in [0.25, 0.3) is 0 Å². The first-order valence-corrected chi connectivity index (χ1v) is 7.38. The largest absolute Gasteiger partial charge is 0.388 e. The lowest BCUT2D eigenvalue weighted by atomic mass is 9.99. The first-order valence-electron chi connectivity index (χ1n) is 7.00. The molecule has 2 nitrogen and oxygen atoms in total. The lowest BCUT2D eigenvalue weighted by Crippen LogP contribution is -2.12. The first kappa shape index (κ1) is 14.4. The van der Waals surface area contributed by atoms with E-state index in [1.807, 2.05) is 6.07 Å². The molecule has 1 heterocycles. The monoisotopic (exact) mass is 305 g/mol. The number of rotatable bonds is 3. The number of hydrogen-bond donors (Lipinski definition) is 1. The molecule has 2 aromatic carbocycles. The van der Waals surface area contributed by atoms with Crippen molar-refractivity contribution >= 4 is 17.3 Å². The summed E-state index contributed by atoms with van der Waals surface area (Å²) in [5.41, 5.74) is 4.22. The van der Waals surface area contributed by atoms with Crippen LogP contribution in [0.25, 0.3) is 0 Å². The van der Waals surface area contributed by atoms with Gasteiger partial charge in [-0.25, -0.2) is 4.39 Å². The van der Waals surface area contributed by atoms with E-state index in [0.29, 0.717) is 6.42 Å². The van der Waals surface area contributed by atoms with Crippen LogP contribution in [0.15, 0.2) is 36.4 Å². The van der Waals surface area contributed by atoms with Gasteiger partial charge in [-0.15, -0.1) is 0 Å². The van der Waals surface area contributed by atoms with Crippen molar-refractivity contribution in [3.8, 4) is 0 Å². The van der Waals surface area contributed by atoms with Gasteiger partial charge < -0.3 is 10.0 Å². The van der Waals surface area contributed by atoms with Gasteiger partial charge in [-0.3, -0.25) is 0 Å². The molecule has 110 valence electrons. The molecule has 21 heavy (non-hydrogen) atoms. The third kappa shape index (κ3) is 2.89. The Bertz CT molecular complexity index is 674. The van der Waals surface area contributed by atoms with Crippen LogP contribution < -0.4 is 4.90 Å². The third-order valence-corrected chi connectivity index (χ3v) is 4.32. The Labute approximate surface area is 128 Å². The molecule has 1 unspecified atom stereocenters. The van der Waals surface area contributed by atoms with E-state index in [4.69, 9.17) is 11.6 Å². The summed E-state index contributed by atoms with van der Waals surface area (Å²) in [5, 5.41) is 10.5. The van der Waals surface area contributed by atoms with Crippen molar-refractivity contribution < 1.29 is 9.50 Å². The van der Waals surface area contributed by atoms with E-state index in [1.54, 1.807) is 12.1 Å². The highest BCUT2D eigenvalue weighted by molar-refractivity contribution is 6.30. The molecular weight excluding hydrogens is 289 g/mol. The lowest BCUT2D eigenvalue weighted by molar-refractivity contribution is 0.178. The van der Waals surface area contributed by atoms with Gasteiger partial charge in [0.05, 0.1) is 11.1 Å². The molecule has 0 aromatic heterocycles. The van der Waals surface area contributed by atoms with Crippen LogP contribution in [-0.2, 0) is 12.8 Å².